The van der Waals surface area contributed by atoms with Crippen LogP contribution in [0.3, 0.4) is 0 Å². The van der Waals surface area contributed by atoms with Gasteiger partial charge in [-0.15, -0.1) is 0 Å². The first-order chi connectivity index (χ1) is 26.7. The Bertz CT molecular complexity index is 1610. The number of benzene rings is 3. The molecule has 3 aromatic carbocycles. The molecule has 296 valence electrons. The highest BCUT2D eigenvalue weighted by Crippen LogP contribution is 2.08. The number of alkyl carbamates (subject to hydrolysis) is 3. The number of carboxylic acid groups (broad SMARTS) is 1. The predicted octanol–water partition coefficient (Wildman–Crippen LogP) is 4.94. The van der Waals surface area contributed by atoms with Crippen molar-refractivity contribution in [2.75, 3.05) is 19.6 Å². The van der Waals surface area contributed by atoms with Crippen molar-refractivity contribution in [3.8, 4) is 0 Å². The molecule has 15 heteroatoms. The van der Waals surface area contributed by atoms with E-state index in [4.69, 9.17) is 14.2 Å². The summed E-state index contributed by atoms with van der Waals surface area (Å²) in [5.74, 6) is -2.36. The van der Waals surface area contributed by atoms with Gasteiger partial charge in [-0.05, 0) is 61.6 Å². The van der Waals surface area contributed by atoms with Crippen molar-refractivity contribution in [3.05, 3.63) is 108 Å². The lowest BCUT2D eigenvalue weighted by Crippen LogP contribution is -2.51. The second-order valence-corrected chi connectivity index (χ2v) is 12.6. The molecule has 55 heavy (non-hydrogen) atoms. The van der Waals surface area contributed by atoms with Gasteiger partial charge in [0.15, 0.2) is 0 Å². The van der Waals surface area contributed by atoms with E-state index < -0.39 is 48.1 Å². The zero-order valence-electron chi connectivity index (χ0n) is 30.8. The summed E-state index contributed by atoms with van der Waals surface area (Å²) in [7, 11) is 0. The summed E-state index contributed by atoms with van der Waals surface area (Å²) < 4.78 is 15.5. The lowest BCUT2D eigenvalue weighted by Gasteiger charge is -2.22. The monoisotopic (exact) mass is 761 g/mol. The van der Waals surface area contributed by atoms with E-state index in [2.05, 4.69) is 26.6 Å². The first kappa shape index (κ1) is 43.3. The van der Waals surface area contributed by atoms with E-state index in [1.54, 1.807) is 0 Å². The van der Waals surface area contributed by atoms with E-state index in [9.17, 15) is 33.9 Å². The van der Waals surface area contributed by atoms with Crippen molar-refractivity contribution in [1.29, 1.82) is 0 Å². The Morgan fingerprint density at radius 1 is 0.491 bits per heavy atom. The van der Waals surface area contributed by atoms with Crippen molar-refractivity contribution in [2.24, 2.45) is 0 Å². The summed E-state index contributed by atoms with van der Waals surface area (Å²) in [6.07, 6.45) is 0.381. The highest BCUT2D eigenvalue weighted by atomic mass is 16.6. The molecule has 0 aromatic heterocycles. The van der Waals surface area contributed by atoms with Gasteiger partial charge in [-0.1, -0.05) is 91.0 Å². The molecule has 2 atom stereocenters. The SMILES string of the molecule is O=C(CCCNC(=O)OCc1ccccc1)N[C@@H](CCCCNC(=O)OCc1ccccc1)C(=O)N[C@@H](CCCCNC(=O)OCc1ccccc1)C(=O)O. The number of nitrogens with one attached hydrogen (secondary N) is 5. The summed E-state index contributed by atoms with van der Waals surface area (Å²) in [6, 6.07) is 25.3. The van der Waals surface area contributed by atoms with E-state index in [0.29, 0.717) is 25.7 Å². The van der Waals surface area contributed by atoms with E-state index >= 15 is 0 Å². The molecule has 0 aliphatic heterocycles. The smallest absolute Gasteiger partial charge is 0.407 e. The van der Waals surface area contributed by atoms with E-state index in [1.807, 2.05) is 91.0 Å². The molecule has 0 saturated carbocycles. The Balaban J connectivity index is 1.42. The van der Waals surface area contributed by atoms with Crippen LogP contribution in [0.25, 0.3) is 0 Å². The second-order valence-electron chi connectivity index (χ2n) is 12.6. The van der Waals surface area contributed by atoms with Crippen LogP contribution in [0.5, 0.6) is 0 Å². The number of aliphatic carboxylic acids is 1. The van der Waals surface area contributed by atoms with E-state index in [-0.39, 0.29) is 65.1 Å². The van der Waals surface area contributed by atoms with Gasteiger partial charge in [0.2, 0.25) is 11.8 Å². The maximum absolute atomic E-state index is 13.3. The van der Waals surface area contributed by atoms with Gasteiger partial charge < -0.3 is 45.9 Å². The van der Waals surface area contributed by atoms with Gasteiger partial charge in [0.05, 0.1) is 0 Å². The molecule has 0 aliphatic carbocycles. The van der Waals surface area contributed by atoms with Crippen molar-refractivity contribution < 1.29 is 48.1 Å². The van der Waals surface area contributed by atoms with Gasteiger partial charge in [0, 0.05) is 26.1 Å². The summed E-state index contributed by atoms with van der Waals surface area (Å²) >= 11 is 0. The number of hydrogen-bond donors (Lipinski definition) is 6. The summed E-state index contributed by atoms with van der Waals surface area (Å²) in [5.41, 5.74) is 2.52. The minimum absolute atomic E-state index is 0.0132. The average Bonchev–Trinajstić information content (AvgIpc) is 3.20. The van der Waals surface area contributed by atoms with Crippen LogP contribution in [0.15, 0.2) is 91.0 Å². The molecule has 0 spiro atoms. The third kappa shape index (κ3) is 19.5. The van der Waals surface area contributed by atoms with Crippen LogP contribution >= 0.6 is 0 Å². The third-order valence-electron chi connectivity index (χ3n) is 8.13. The maximum Gasteiger partial charge on any atom is 0.407 e. The summed E-state index contributed by atoms with van der Waals surface area (Å²) in [5, 5.41) is 22.9. The molecule has 15 nitrogen and oxygen atoms in total. The lowest BCUT2D eigenvalue weighted by molar-refractivity contribution is -0.142. The van der Waals surface area contributed by atoms with Gasteiger partial charge in [0.1, 0.15) is 31.9 Å². The van der Waals surface area contributed by atoms with Gasteiger partial charge in [-0.2, -0.15) is 0 Å². The van der Waals surface area contributed by atoms with Crippen molar-refractivity contribution in [1.82, 2.24) is 26.6 Å². The first-order valence-electron chi connectivity index (χ1n) is 18.4. The molecular weight excluding hydrogens is 710 g/mol. The number of ether oxygens (including phenoxy) is 3. The standard InChI is InChI=1S/C40H51N5O10/c46-35(23-14-26-43-40(52)55-29-32-19-8-3-9-20-32)44-33(21-10-12-24-41-38(50)53-27-30-15-4-1-5-16-30)36(47)45-34(37(48)49)22-11-13-25-42-39(51)54-28-31-17-6-2-7-18-31/h1-9,15-20,33-34H,10-14,21-29H2,(H,41,50)(H,42,51)(H,43,52)(H,44,46)(H,45,47)(H,48,49)/t33-,34-/m0/s1. The van der Waals surface area contributed by atoms with E-state index in [0.717, 1.165) is 16.7 Å². The molecule has 0 radical (unpaired) electrons. The molecule has 0 unspecified atom stereocenters. The topological polar surface area (TPSA) is 210 Å². The number of amides is 5. The fourth-order valence-electron chi connectivity index (χ4n) is 5.15. The van der Waals surface area contributed by atoms with Crippen LogP contribution in [-0.2, 0) is 48.4 Å². The molecule has 0 aliphatic rings. The van der Waals surface area contributed by atoms with Gasteiger partial charge in [-0.25, -0.2) is 19.2 Å². The van der Waals surface area contributed by atoms with Crippen LogP contribution in [0.2, 0.25) is 0 Å². The van der Waals surface area contributed by atoms with Crippen LogP contribution in [-0.4, -0.2) is 72.9 Å². The molecule has 0 heterocycles. The van der Waals surface area contributed by atoms with Crippen LogP contribution < -0.4 is 26.6 Å². The van der Waals surface area contributed by atoms with Crippen molar-refractivity contribution in [3.63, 3.8) is 0 Å². The number of unbranched alkanes of at least 4 members (excludes halogenated alkanes) is 2. The number of carboxylic acids is 1. The normalized spacial score (nSPS) is 11.6. The zero-order valence-corrected chi connectivity index (χ0v) is 30.8. The molecule has 6 N–H and O–H groups in total. The van der Waals surface area contributed by atoms with Gasteiger partial charge >= 0.3 is 24.2 Å². The average molecular weight is 762 g/mol. The molecule has 0 bridgehead atoms. The summed E-state index contributed by atoms with van der Waals surface area (Å²) in [4.78, 5) is 74.3. The van der Waals surface area contributed by atoms with Crippen LogP contribution in [0.1, 0.15) is 68.1 Å². The highest BCUT2D eigenvalue weighted by molar-refractivity contribution is 5.90. The van der Waals surface area contributed by atoms with Gasteiger partial charge in [0.25, 0.3) is 0 Å². The Kier molecular flexibility index (Phi) is 20.3. The number of hydrogen-bond acceptors (Lipinski definition) is 9. The lowest BCUT2D eigenvalue weighted by atomic mass is 10.1. The molecule has 0 fully saturated rings. The second kappa shape index (κ2) is 25.8. The number of rotatable bonds is 24. The fraction of sp³-hybridized carbons (Fsp3) is 0.400. The Hall–Kier alpha value is -6.12. The van der Waals surface area contributed by atoms with Crippen LogP contribution in [0.4, 0.5) is 14.4 Å². The predicted molar refractivity (Wildman–Crippen MR) is 202 cm³/mol. The largest absolute Gasteiger partial charge is 0.480 e. The molecule has 3 aromatic rings. The first-order valence-corrected chi connectivity index (χ1v) is 18.4. The third-order valence-corrected chi connectivity index (χ3v) is 8.13. The Morgan fingerprint density at radius 2 is 0.873 bits per heavy atom. The number of carbonyl (C=O) groups excluding carboxylic acids is 5. The number of carbonyl (C=O) groups is 6. The van der Waals surface area contributed by atoms with E-state index in [1.165, 1.54) is 0 Å². The van der Waals surface area contributed by atoms with Crippen LogP contribution in [0, 0.1) is 0 Å². The zero-order chi connectivity index (χ0) is 39.5. The Morgan fingerprint density at radius 3 is 1.27 bits per heavy atom. The maximum atomic E-state index is 13.3. The quantitative estimate of drug-likeness (QED) is 0.0535. The molecular formula is C40H51N5O10. The van der Waals surface area contributed by atoms with Gasteiger partial charge in [-0.3, -0.25) is 9.59 Å². The minimum Gasteiger partial charge on any atom is -0.480 e. The van der Waals surface area contributed by atoms with Crippen molar-refractivity contribution >= 4 is 36.1 Å². The summed E-state index contributed by atoms with van der Waals surface area (Å²) in [6.45, 7) is 1.01. The molecule has 5 amide bonds. The molecule has 3 rings (SSSR count). The fourth-order valence-corrected chi connectivity index (χ4v) is 5.15. The van der Waals surface area contributed by atoms with Crippen molar-refractivity contribution in [2.45, 2.75) is 83.3 Å². The Labute approximate surface area is 320 Å². The highest BCUT2D eigenvalue weighted by Gasteiger charge is 2.26. The molecule has 0 saturated heterocycles. The minimum atomic E-state index is -1.24.